The number of nitrogens with zero attached hydrogens (tertiary/aromatic N) is 5. The summed E-state index contributed by atoms with van der Waals surface area (Å²) in [6.45, 7) is 6.44. The summed E-state index contributed by atoms with van der Waals surface area (Å²) < 4.78 is 15.5. The zero-order valence-electron chi connectivity index (χ0n) is 24.2. The van der Waals surface area contributed by atoms with E-state index in [1.165, 1.54) is 11.9 Å². The van der Waals surface area contributed by atoms with Gasteiger partial charge in [0.2, 0.25) is 0 Å². The molecule has 2 aromatic carbocycles. The maximum absolute atomic E-state index is 14.3. The normalized spacial score (nSPS) is 13.8. The number of hydrogen-bond acceptors (Lipinski definition) is 7. The van der Waals surface area contributed by atoms with Crippen LogP contribution < -0.4 is 16.0 Å². The molecule has 216 valence electrons. The third-order valence-electron chi connectivity index (χ3n) is 7.88. The van der Waals surface area contributed by atoms with Crippen LogP contribution in [-0.4, -0.2) is 44.1 Å². The fourth-order valence-corrected chi connectivity index (χ4v) is 5.81. The van der Waals surface area contributed by atoms with E-state index in [1.54, 1.807) is 4.57 Å². The number of anilines is 1. The molecule has 0 aliphatic carbocycles. The molecule has 0 amide bonds. The van der Waals surface area contributed by atoms with Crippen molar-refractivity contribution in [3.05, 3.63) is 93.8 Å². The van der Waals surface area contributed by atoms with Gasteiger partial charge in [0.05, 0.1) is 48.5 Å². The molecule has 0 saturated carbocycles. The Kier molecular flexibility index (Phi) is 8.01. The molecule has 0 spiro atoms. The zero-order valence-corrected chi connectivity index (χ0v) is 24.2. The summed E-state index contributed by atoms with van der Waals surface area (Å²) in [6.07, 6.45) is 8.24. The molecule has 2 N–H and O–H groups in total. The van der Waals surface area contributed by atoms with Crippen LogP contribution in [0.2, 0.25) is 0 Å². The first-order valence-corrected chi connectivity index (χ1v) is 14.6. The van der Waals surface area contributed by atoms with Crippen LogP contribution in [0.3, 0.4) is 0 Å². The lowest BCUT2D eigenvalue weighted by atomic mass is 10.1. The van der Waals surface area contributed by atoms with Crippen LogP contribution in [0.1, 0.15) is 49.6 Å². The van der Waals surface area contributed by atoms with Crippen LogP contribution >= 0.6 is 0 Å². The molecule has 5 aromatic rings. The lowest BCUT2D eigenvalue weighted by molar-refractivity contribution is 0.146. The van der Waals surface area contributed by atoms with Crippen molar-refractivity contribution >= 4 is 27.6 Å². The number of para-hydroxylation sites is 2. The van der Waals surface area contributed by atoms with Crippen LogP contribution in [0.25, 0.3) is 27.5 Å². The number of aromatic nitrogens is 5. The van der Waals surface area contributed by atoms with Gasteiger partial charge in [-0.2, -0.15) is 5.10 Å². The number of ether oxygens (including phenoxy) is 2. The average Bonchev–Trinajstić information content (AvgIpc) is 3.15. The Labute approximate surface area is 244 Å². The molecule has 9 nitrogen and oxygen atoms in total. The summed E-state index contributed by atoms with van der Waals surface area (Å²) in [5.74, 6) is 1.07. The molecule has 0 atom stereocenters. The number of hydrogen-bond donors (Lipinski definition) is 1. The van der Waals surface area contributed by atoms with E-state index in [2.05, 4.69) is 22.1 Å². The minimum absolute atomic E-state index is 0.0958. The molecule has 1 aliphatic heterocycles. The van der Waals surface area contributed by atoms with Crippen molar-refractivity contribution < 1.29 is 9.47 Å². The zero-order chi connectivity index (χ0) is 29.1. The average molecular weight is 565 g/mol. The molecule has 0 radical (unpaired) electrons. The van der Waals surface area contributed by atoms with Gasteiger partial charge >= 0.3 is 0 Å². The number of nitrogen functional groups attached to an aromatic ring is 1. The van der Waals surface area contributed by atoms with Gasteiger partial charge in [-0.3, -0.25) is 9.36 Å². The largest absolute Gasteiger partial charge is 0.491 e. The third-order valence-corrected chi connectivity index (χ3v) is 7.88. The molecule has 4 heterocycles. The van der Waals surface area contributed by atoms with Gasteiger partial charge in [0, 0.05) is 5.69 Å². The number of fused-ring (bicyclic) bond motifs is 2. The Balaban J connectivity index is 1.40. The highest BCUT2D eigenvalue weighted by Crippen LogP contribution is 2.28. The first-order valence-electron chi connectivity index (χ1n) is 14.6. The minimum Gasteiger partial charge on any atom is -0.491 e. The Morgan fingerprint density at radius 3 is 2.83 bits per heavy atom. The lowest BCUT2D eigenvalue weighted by Gasteiger charge is -2.19. The second-order valence-corrected chi connectivity index (χ2v) is 10.7. The van der Waals surface area contributed by atoms with Gasteiger partial charge in [-0.05, 0) is 68.2 Å². The highest BCUT2D eigenvalue weighted by molar-refractivity contribution is 5.88. The summed E-state index contributed by atoms with van der Waals surface area (Å²) in [5, 5.41) is 7.15. The number of pyridine rings is 1. The maximum atomic E-state index is 14.3. The van der Waals surface area contributed by atoms with Gasteiger partial charge in [-0.1, -0.05) is 48.9 Å². The smallest absolute Gasteiger partial charge is 0.263 e. The molecule has 3 aromatic heterocycles. The minimum atomic E-state index is -0.0958. The summed E-state index contributed by atoms with van der Waals surface area (Å²) in [7, 11) is 0. The van der Waals surface area contributed by atoms with Crippen molar-refractivity contribution in [2.45, 2.75) is 52.5 Å². The molecule has 0 unspecified atom stereocenters. The van der Waals surface area contributed by atoms with Crippen LogP contribution in [0, 0.1) is 6.92 Å². The van der Waals surface area contributed by atoms with Crippen molar-refractivity contribution in [3.8, 4) is 11.4 Å². The van der Waals surface area contributed by atoms with Gasteiger partial charge < -0.3 is 15.2 Å². The molecule has 0 saturated heterocycles. The third kappa shape index (κ3) is 5.39. The predicted octanol–water partition coefficient (Wildman–Crippen LogP) is 5.53. The van der Waals surface area contributed by atoms with E-state index in [9.17, 15) is 4.79 Å². The molecule has 9 heteroatoms. The molecule has 1 aliphatic rings. The molecular weight excluding hydrogens is 528 g/mol. The number of aryl methyl sites for hydroxylation is 2. The second-order valence-electron chi connectivity index (χ2n) is 10.7. The Morgan fingerprint density at radius 2 is 1.95 bits per heavy atom. The van der Waals surface area contributed by atoms with Gasteiger partial charge in [-0.15, -0.1) is 0 Å². The van der Waals surface area contributed by atoms with E-state index in [-0.39, 0.29) is 5.56 Å². The maximum Gasteiger partial charge on any atom is 0.263 e. The molecule has 42 heavy (non-hydrogen) atoms. The predicted molar refractivity (Wildman–Crippen MR) is 165 cm³/mol. The van der Waals surface area contributed by atoms with E-state index in [0.29, 0.717) is 47.9 Å². The topological polar surface area (TPSA) is 110 Å². The summed E-state index contributed by atoms with van der Waals surface area (Å²) in [6, 6.07) is 15.7. The molecule has 0 fully saturated rings. The fraction of sp³-hybridized carbons (Fsp3) is 0.333. The van der Waals surface area contributed by atoms with Crippen LogP contribution in [0.4, 0.5) is 5.82 Å². The van der Waals surface area contributed by atoms with Gasteiger partial charge in [-0.25, -0.2) is 14.6 Å². The van der Waals surface area contributed by atoms with Gasteiger partial charge in [0.15, 0.2) is 5.65 Å². The van der Waals surface area contributed by atoms with Crippen molar-refractivity contribution in [1.29, 1.82) is 0 Å². The lowest BCUT2D eigenvalue weighted by Crippen LogP contribution is -2.25. The monoisotopic (exact) mass is 564 g/mol. The summed E-state index contributed by atoms with van der Waals surface area (Å²) in [5.41, 5.74) is 11.4. The summed E-state index contributed by atoms with van der Waals surface area (Å²) in [4.78, 5) is 23.0. The van der Waals surface area contributed by atoms with Gasteiger partial charge in [0.25, 0.3) is 5.56 Å². The van der Waals surface area contributed by atoms with E-state index in [1.807, 2.05) is 61.0 Å². The Bertz CT molecular complexity index is 1840. The second kappa shape index (κ2) is 12.2. The standard InChI is InChI=1S/C33H36N6O3/c1-3-26-30-31(34)35-21-36-32(30)38(37-26)20-25-19-24-12-6-9-22(2)29(24)33(40)39(25)27-13-4-5-14-28(27)42-17-8-11-23-10-7-16-41-18-15-23/h4-6,9-10,12-14,19,21H,3,7-8,11,15-18,20H2,1-2H3,(H2,34,35,36). The van der Waals surface area contributed by atoms with Crippen molar-refractivity contribution in [3.63, 3.8) is 0 Å². The van der Waals surface area contributed by atoms with E-state index in [0.717, 1.165) is 66.6 Å². The highest BCUT2D eigenvalue weighted by atomic mass is 16.5. The SMILES string of the molecule is CCc1nn(Cc2cc3cccc(C)c3c(=O)n2-c2ccccc2OCCCC2=CCCOCC2)c2ncnc(N)c12. The van der Waals surface area contributed by atoms with E-state index in [4.69, 9.17) is 20.3 Å². The van der Waals surface area contributed by atoms with E-state index < -0.39 is 0 Å². The Hall–Kier alpha value is -4.50. The number of benzene rings is 2. The molecule has 0 bridgehead atoms. The summed E-state index contributed by atoms with van der Waals surface area (Å²) >= 11 is 0. The Morgan fingerprint density at radius 1 is 1.07 bits per heavy atom. The highest BCUT2D eigenvalue weighted by Gasteiger charge is 2.20. The van der Waals surface area contributed by atoms with Crippen LogP contribution in [0.15, 0.2) is 71.3 Å². The van der Waals surface area contributed by atoms with Crippen molar-refractivity contribution in [1.82, 2.24) is 24.3 Å². The fourth-order valence-electron chi connectivity index (χ4n) is 5.81. The number of nitrogens with two attached hydrogens (primary N) is 1. The van der Waals surface area contributed by atoms with E-state index >= 15 is 0 Å². The van der Waals surface area contributed by atoms with Crippen LogP contribution in [0.5, 0.6) is 5.75 Å². The van der Waals surface area contributed by atoms with Crippen LogP contribution in [-0.2, 0) is 17.7 Å². The molecule has 6 rings (SSSR count). The first-order chi connectivity index (χ1) is 20.5. The quantitative estimate of drug-likeness (QED) is 0.185. The van der Waals surface area contributed by atoms with Crippen molar-refractivity contribution in [2.24, 2.45) is 0 Å². The van der Waals surface area contributed by atoms with Crippen molar-refractivity contribution in [2.75, 3.05) is 25.6 Å². The number of rotatable bonds is 9. The first kappa shape index (κ1) is 27.7. The van der Waals surface area contributed by atoms with Gasteiger partial charge in [0.1, 0.15) is 17.9 Å². The molecular formula is C33H36N6O3.